The lowest BCUT2D eigenvalue weighted by atomic mass is 10.1. The van der Waals surface area contributed by atoms with Crippen molar-refractivity contribution in [3.05, 3.63) is 65.7 Å². The molecular formula is C17H14ClNO2S2. The highest BCUT2D eigenvalue weighted by molar-refractivity contribution is 7.99. The van der Waals surface area contributed by atoms with Gasteiger partial charge in [0.25, 0.3) is 10.0 Å². The molecule has 3 rings (SSSR count). The van der Waals surface area contributed by atoms with Crippen molar-refractivity contribution in [2.75, 3.05) is 11.0 Å². The van der Waals surface area contributed by atoms with Crippen LogP contribution in [0.15, 0.2) is 70.5 Å². The summed E-state index contributed by atoms with van der Waals surface area (Å²) in [4.78, 5) is 0.840. The molecule has 3 aromatic carbocycles. The number of sulfonamides is 1. The first-order chi connectivity index (χ1) is 11.0. The number of benzene rings is 3. The number of hydrogen-bond donors (Lipinski definition) is 1. The van der Waals surface area contributed by atoms with Gasteiger partial charge in [-0.05, 0) is 35.9 Å². The fourth-order valence-electron chi connectivity index (χ4n) is 2.37. The molecule has 0 aromatic heterocycles. The van der Waals surface area contributed by atoms with Gasteiger partial charge in [-0.1, -0.05) is 48.0 Å². The van der Waals surface area contributed by atoms with Crippen LogP contribution in [0.3, 0.4) is 0 Å². The molecule has 0 saturated carbocycles. The summed E-state index contributed by atoms with van der Waals surface area (Å²) >= 11 is 7.34. The monoisotopic (exact) mass is 363 g/mol. The van der Waals surface area contributed by atoms with Gasteiger partial charge in [0.1, 0.15) is 4.90 Å². The molecule has 0 aliphatic carbocycles. The Morgan fingerprint density at radius 1 is 1.00 bits per heavy atom. The normalized spacial score (nSPS) is 11.6. The van der Waals surface area contributed by atoms with E-state index in [1.807, 2.05) is 42.7 Å². The molecule has 23 heavy (non-hydrogen) atoms. The van der Waals surface area contributed by atoms with Crippen LogP contribution in [0, 0.1) is 0 Å². The van der Waals surface area contributed by atoms with Crippen LogP contribution in [-0.4, -0.2) is 14.7 Å². The lowest BCUT2D eigenvalue weighted by Crippen LogP contribution is -2.14. The van der Waals surface area contributed by atoms with E-state index in [2.05, 4.69) is 4.72 Å². The van der Waals surface area contributed by atoms with E-state index in [0.717, 1.165) is 10.8 Å². The average Bonchev–Trinajstić information content (AvgIpc) is 2.55. The molecule has 118 valence electrons. The minimum atomic E-state index is -3.73. The van der Waals surface area contributed by atoms with E-state index in [9.17, 15) is 8.42 Å². The van der Waals surface area contributed by atoms with E-state index < -0.39 is 10.0 Å². The lowest BCUT2D eigenvalue weighted by Gasteiger charge is -2.13. The highest BCUT2D eigenvalue weighted by Crippen LogP contribution is 2.31. The predicted octanol–water partition coefficient (Wildman–Crippen LogP) is 5.02. The summed E-state index contributed by atoms with van der Waals surface area (Å²) in [6.07, 6.45) is 1.83. The van der Waals surface area contributed by atoms with Crippen molar-refractivity contribution in [1.29, 1.82) is 0 Å². The second-order valence-corrected chi connectivity index (χ2v) is 7.86. The maximum Gasteiger partial charge on any atom is 0.263 e. The first-order valence-electron chi connectivity index (χ1n) is 6.85. The van der Waals surface area contributed by atoms with Crippen molar-refractivity contribution in [2.45, 2.75) is 9.79 Å². The topological polar surface area (TPSA) is 46.2 Å². The maximum absolute atomic E-state index is 12.8. The predicted molar refractivity (Wildman–Crippen MR) is 98.0 cm³/mol. The number of hydrogen-bond acceptors (Lipinski definition) is 3. The second-order valence-electron chi connectivity index (χ2n) is 4.93. The van der Waals surface area contributed by atoms with Gasteiger partial charge in [0, 0.05) is 15.3 Å². The van der Waals surface area contributed by atoms with Gasteiger partial charge < -0.3 is 0 Å². The minimum Gasteiger partial charge on any atom is -0.279 e. The van der Waals surface area contributed by atoms with E-state index in [1.165, 1.54) is 17.8 Å². The zero-order valence-electron chi connectivity index (χ0n) is 12.3. The zero-order chi connectivity index (χ0) is 16.4. The summed E-state index contributed by atoms with van der Waals surface area (Å²) < 4.78 is 28.3. The fourth-order valence-corrected chi connectivity index (χ4v) is 4.85. The van der Waals surface area contributed by atoms with Crippen molar-refractivity contribution in [3.8, 4) is 0 Å². The lowest BCUT2D eigenvalue weighted by molar-refractivity contribution is 0.599. The summed E-state index contributed by atoms with van der Waals surface area (Å²) in [6.45, 7) is 0. The van der Waals surface area contributed by atoms with E-state index in [4.69, 9.17) is 11.6 Å². The molecule has 0 unspecified atom stereocenters. The molecule has 3 aromatic rings. The fraction of sp³-hybridized carbons (Fsp3) is 0.0588. The van der Waals surface area contributed by atoms with Crippen LogP contribution in [-0.2, 0) is 10.0 Å². The molecule has 6 heteroatoms. The number of anilines is 1. The molecule has 0 aliphatic rings. The molecule has 0 aliphatic heterocycles. The van der Waals surface area contributed by atoms with Crippen LogP contribution >= 0.6 is 23.4 Å². The Hall–Kier alpha value is -1.69. The molecule has 3 nitrogen and oxygen atoms in total. The number of thioether (sulfide) groups is 1. The van der Waals surface area contributed by atoms with Crippen LogP contribution in [0.2, 0.25) is 5.02 Å². The highest BCUT2D eigenvalue weighted by atomic mass is 35.5. The maximum atomic E-state index is 12.8. The van der Waals surface area contributed by atoms with E-state index in [1.54, 1.807) is 18.2 Å². The SMILES string of the molecule is CSc1ccc(Cl)cc1S(=O)(=O)Nc1cccc2ccccc12. The molecule has 0 bridgehead atoms. The van der Waals surface area contributed by atoms with E-state index in [-0.39, 0.29) is 4.90 Å². The molecule has 0 spiro atoms. The third kappa shape index (κ3) is 3.32. The summed E-state index contributed by atoms with van der Waals surface area (Å²) in [5.41, 5.74) is 0.551. The van der Waals surface area contributed by atoms with Crippen molar-refractivity contribution < 1.29 is 8.42 Å². The van der Waals surface area contributed by atoms with Gasteiger partial charge >= 0.3 is 0 Å². The first kappa shape index (κ1) is 16.2. The molecule has 0 fully saturated rings. The molecule has 0 saturated heterocycles. The number of fused-ring (bicyclic) bond motifs is 1. The van der Waals surface area contributed by atoms with Gasteiger partial charge in [-0.2, -0.15) is 0 Å². The van der Waals surface area contributed by atoms with Crippen LogP contribution in [0.1, 0.15) is 0 Å². The molecule has 0 atom stereocenters. The van der Waals surface area contributed by atoms with E-state index >= 15 is 0 Å². The Morgan fingerprint density at radius 3 is 2.52 bits per heavy atom. The quantitative estimate of drug-likeness (QED) is 0.662. The highest BCUT2D eigenvalue weighted by Gasteiger charge is 2.20. The van der Waals surface area contributed by atoms with Crippen LogP contribution in [0.25, 0.3) is 10.8 Å². The third-order valence-electron chi connectivity index (χ3n) is 3.45. The summed E-state index contributed by atoms with van der Waals surface area (Å²) in [5, 5.41) is 2.22. The standard InChI is InChI=1S/C17H14ClNO2S2/c1-22-16-10-9-13(18)11-17(16)23(20,21)19-15-8-4-6-12-5-2-3-7-14(12)15/h2-11,19H,1H3. The third-order valence-corrected chi connectivity index (χ3v) is 6.01. The van der Waals surface area contributed by atoms with E-state index in [0.29, 0.717) is 15.6 Å². The van der Waals surface area contributed by atoms with Crippen molar-refractivity contribution in [3.63, 3.8) is 0 Å². The molecule has 0 amide bonds. The Labute approximate surface area is 144 Å². The van der Waals surface area contributed by atoms with Gasteiger partial charge in [0.2, 0.25) is 0 Å². The van der Waals surface area contributed by atoms with Gasteiger partial charge in [0.15, 0.2) is 0 Å². The average molecular weight is 364 g/mol. The largest absolute Gasteiger partial charge is 0.279 e. The Bertz CT molecular complexity index is 966. The zero-order valence-corrected chi connectivity index (χ0v) is 14.7. The van der Waals surface area contributed by atoms with Gasteiger partial charge in [-0.15, -0.1) is 11.8 Å². The Morgan fingerprint density at radius 2 is 1.74 bits per heavy atom. The van der Waals surface area contributed by atoms with Crippen molar-refractivity contribution >= 4 is 49.8 Å². The van der Waals surface area contributed by atoms with Crippen molar-refractivity contribution in [1.82, 2.24) is 0 Å². The van der Waals surface area contributed by atoms with Gasteiger partial charge in [-0.3, -0.25) is 4.72 Å². The molecule has 1 N–H and O–H groups in total. The summed E-state index contributed by atoms with van der Waals surface area (Å²) in [6, 6.07) is 18.0. The number of rotatable bonds is 4. The van der Waals surface area contributed by atoms with Crippen LogP contribution < -0.4 is 4.72 Å². The number of halogens is 1. The number of nitrogens with one attached hydrogen (secondary N) is 1. The Kier molecular flexibility index (Phi) is 4.53. The van der Waals surface area contributed by atoms with Gasteiger partial charge in [0.05, 0.1) is 5.69 Å². The van der Waals surface area contributed by atoms with Crippen molar-refractivity contribution in [2.24, 2.45) is 0 Å². The molecule has 0 heterocycles. The minimum absolute atomic E-state index is 0.186. The first-order valence-corrected chi connectivity index (χ1v) is 9.94. The van der Waals surface area contributed by atoms with Crippen LogP contribution in [0.4, 0.5) is 5.69 Å². The summed E-state index contributed by atoms with van der Waals surface area (Å²) in [5.74, 6) is 0. The second kappa shape index (κ2) is 6.43. The van der Waals surface area contributed by atoms with Gasteiger partial charge in [-0.25, -0.2) is 8.42 Å². The molecular weight excluding hydrogens is 350 g/mol. The summed E-state index contributed by atoms with van der Waals surface area (Å²) in [7, 11) is -3.73. The smallest absolute Gasteiger partial charge is 0.263 e. The van der Waals surface area contributed by atoms with Crippen LogP contribution in [0.5, 0.6) is 0 Å². The Balaban J connectivity index is 2.09. The molecule has 0 radical (unpaired) electrons.